The number of carbonyl (C=O) groups is 10. The first-order valence-electron chi connectivity index (χ1n) is 25.5. The summed E-state index contributed by atoms with van der Waals surface area (Å²) >= 11 is 0. The number of aliphatic hydroxyl groups excluding tert-OH is 1. The summed E-state index contributed by atoms with van der Waals surface area (Å²) in [4.78, 5) is 136. The van der Waals surface area contributed by atoms with Gasteiger partial charge in [0.25, 0.3) is 0 Å². The lowest BCUT2D eigenvalue weighted by Crippen LogP contribution is -2.61. The van der Waals surface area contributed by atoms with Gasteiger partial charge in [0.2, 0.25) is 41.4 Å². The van der Waals surface area contributed by atoms with Gasteiger partial charge in [-0.25, -0.2) is 4.79 Å². The lowest BCUT2D eigenvalue weighted by molar-refractivity contribution is -0.142. The average molecular weight is 1090 g/mol. The van der Waals surface area contributed by atoms with Gasteiger partial charge in [0, 0.05) is 42.8 Å². The quantitative estimate of drug-likeness (QED) is 0.0235. The summed E-state index contributed by atoms with van der Waals surface area (Å²) in [5.41, 5.74) is 19.6. The van der Waals surface area contributed by atoms with Crippen LogP contribution in [-0.4, -0.2) is 153 Å². The van der Waals surface area contributed by atoms with Crippen LogP contribution in [0.25, 0.3) is 10.9 Å². The van der Waals surface area contributed by atoms with E-state index in [0.29, 0.717) is 42.5 Å². The van der Waals surface area contributed by atoms with Gasteiger partial charge in [-0.15, -0.1) is 0 Å². The number of rotatable bonds is 35. The molecule has 7 amide bonds. The van der Waals surface area contributed by atoms with Crippen molar-refractivity contribution in [3.63, 3.8) is 0 Å². The number of carboxylic acid groups (broad SMARTS) is 3. The Labute approximate surface area is 449 Å². The minimum atomic E-state index is -1.85. The van der Waals surface area contributed by atoms with Crippen molar-refractivity contribution < 1.29 is 68.4 Å². The fourth-order valence-electron chi connectivity index (χ4n) is 8.27. The molecule has 0 aliphatic carbocycles. The third-order valence-corrected chi connectivity index (χ3v) is 12.5. The van der Waals surface area contributed by atoms with Gasteiger partial charge in [-0.3, -0.25) is 43.2 Å². The summed E-state index contributed by atoms with van der Waals surface area (Å²) < 4.78 is 0. The van der Waals surface area contributed by atoms with Crippen molar-refractivity contribution in [3.8, 4) is 0 Å². The number of nitrogens with one attached hydrogen (secondary N) is 8. The van der Waals surface area contributed by atoms with Crippen molar-refractivity contribution in [3.05, 3.63) is 108 Å². The van der Waals surface area contributed by atoms with Gasteiger partial charge in [-0.05, 0) is 74.4 Å². The number of amides is 7. The topological polar surface area (TPSA) is 430 Å². The van der Waals surface area contributed by atoms with E-state index < -0.39 is 133 Å². The van der Waals surface area contributed by atoms with E-state index in [4.69, 9.17) is 17.2 Å². The fraction of sp³-hybridized carbons (Fsp3) is 0.434. The monoisotopic (exact) mass is 1090 g/mol. The Morgan fingerprint density at radius 1 is 0.462 bits per heavy atom. The molecule has 0 aliphatic rings. The number of hydrogen-bond acceptors (Lipinski definition) is 14. The number of hydrogen-bond donors (Lipinski definition) is 15. The van der Waals surface area contributed by atoms with E-state index in [9.17, 15) is 68.4 Å². The SMILES string of the molecule is NCCCC[C@H](NC(=O)[C@H](CC(=O)O)NC(=O)[C@@H](N)CCCCN)C(=O)N[C@@H](Cc1ccccc1)C(=O)N[C@@H](CO)C(=O)N[C@@H](CCC(=O)O)C(=O)N[C@@H](Cc1ccccc1)C(=O)N[C@@H](Cc1c[nH]c2ccccc12)C(=O)O. The lowest BCUT2D eigenvalue weighted by atomic mass is 10.0. The molecule has 0 unspecified atom stereocenters. The highest BCUT2D eigenvalue weighted by Crippen LogP contribution is 2.20. The maximum atomic E-state index is 14.2. The van der Waals surface area contributed by atoms with Crippen LogP contribution in [0, 0.1) is 0 Å². The molecule has 8 atom stereocenters. The van der Waals surface area contributed by atoms with Crippen LogP contribution in [0.1, 0.15) is 74.5 Å². The fourth-order valence-corrected chi connectivity index (χ4v) is 8.27. The molecule has 1 aromatic heterocycles. The third-order valence-electron chi connectivity index (χ3n) is 12.5. The predicted molar refractivity (Wildman–Crippen MR) is 283 cm³/mol. The molecule has 0 fully saturated rings. The molecule has 25 nitrogen and oxygen atoms in total. The first kappa shape index (κ1) is 62.3. The van der Waals surface area contributed by atoms with Crippen LogP contribution < -0.4 is 54.4 Å². The van der Waals surface area contributed by atoms with Crippen LogP contribution in [0.3, 0.4) is 0 Å². The van der Waals surface area contributed by atoms with Crippen LogP contribution >= 0.6 is 0 Å². The maximum Gasteiger partial charge on any atom is 0.326 e. The molecule has 3 aromatic carbocycles. The molecular formula is C53H71N11O14. The van der Waals surface area contributed by atoms with Gasteiger partial charge in [0.05, 0.1) is 19.1 Å². The van der Waals surface area contributed by atoms with Gasteiger partial charge in [-0.2, -0.15) is 0 Å². The molecule has 0 spiro atoms. The van der Waals surface area contributed by atoms with Gasteiger partial charge in [0.1, 0.15) is 42.3 Å². The summed E-state index contributed by atoms with van der Waals surface area (Å²) in [6.07, 6.45) is 0.792. The molecule has 422 valence electrons. The van der Waals surface area contributed by atoms with Crippen molar-refractivity contribution in [1.29, 1.82) is 0 Å². The summed E-state index contributed by atoms with van der Waals surface area (Å²) in [5.74, 6) is -11.2. The molecule has 4 aromatic rings. The summed E-state index contributed by atoms with van der Waals surface area (Å²) in [7, 11) is 0. The first-order valence-corrected chi connectivity index (χ1v) is 25.5. The molecule has 1 heterocycles. The minimum Gasteiger partial charge on any atom is -0.481 e. The molecule has 4 rings (SSSR count). The second-order valence-electron chi connectivity index (χ2n) is 18.6. The Morgan fingerprint density at radius 2 is 0.897 bits per heavy atom. The van der Waals surface area contributed by atoms with Crippen molar-refractivity contribution in [2.45, 2.75) is 125 Å². The molecule has 25 heteroatoms. The smallest absolute Gasteiger partial charge is 0.326 e. The molecule has 0 radical (unpaired) electrons. The van der Waals surface area contributed by atoms with E-state index in [1.54, 1.807) is 91.1 Å². The van der Waals surface area contributed by atoms with E-state index in [0.717, 1.165) is 10.9 Å². The molecule has 78 heavy (non-hydrogen) atoms. The van der Waals surface area contributed by atoms with E-state index in [2.05, 4.69) is 42.2 Å². The Balaban J connectivity index is 1.56. The molecule has 0 saturated heterocycles. The van der Waals surface area contributed by atoms with Crippen molar-refractivity contribution in [1.82, 2.24) is 42.2 Å². The summed E-state index contributed by atoms with van der Waals surface area (Å²) in [6, 6.07) is 11.5. The highest BCUT2D eigenvalue weighted by molar-refractivity contribution is 5.98. The molecule has 0 aliphatic heterocycles. The van der Waals surface area contributed by atoms with Gasteiger partial charge in [-0.1, -0.05) is 85.3 Å². The molecule has 0 saturated carbocycles. The summed E-state index contributed by atoms with van der Waals surface area (Å²) in [5, 5.41) is 57.8. The Kier molecular flexibility index (Phi) is 25.8. The maximum absolute atomic E-state index is 14.2. The number of aromatic nitrogens is 1. The average Bonchev–Trinajstić information content (AvgIpc) is 3.83. The van der Waals surface area contributed by atoms with Gasteiger partial charge < -0.3 is 79.8 Å². The highest BCUT2D eigenvalue weighted by atomic mass is 16.4. The first-order chi connectivity index (χ1) is 37.3. The van der Waals surface area contributed by atoms with Crippen molar-refractivity contribution in [2.24, 2.45) is 17.2 Å². The number of aromatic amines is 1. The molecule has 18 N–H and O–H groups in total. The van der Waals surface area contributed by atoms with Crippen LogP contribution in [0.5, 0.6) is 0 Å². The number of H-pyrrole nitrogens is 1. The normalized spacial score (nSPS) is 14.2. The van der Waals surface area contributed by atoms with E-state index >= 15 is 0 Å². The summed E-state index contributed by atoms with van der Waals surface area (Å²) in [6.45, 7) is -0.535. The second kappa shape index (κ2) is 32.4. The molecular weight excluding hydrogens is 1010 g/mol. The number of carboxylic acids is 3. The number of unbranched alkanes of at least 4 members (excludes halogenated alkanes) is 2. The highest BCUT2D eigenvalue weighted by Gasteiger charge is 2.35. The minimum absolute atomic E-state index is 0.0682. The number of aliphatic carboxylic acids is 3. The van der Waals surface area contributed by atoms with Crippen LogP contribution in [0.4, 0.5) is 0 Å². The lowest BCUT2D eigenvalue weighted by Gasteiger charge is -2.27. The van der Waals surface area contributed by atoms with Crippen molar-refractivity contribution in [2.75, 3.05) is 19.7 Å². The molecule has 0 bridgehead atoms. The van der Waals surface area contributed by atoms with Crippen LogP contribution in [-0.2, 0) is 67.2 Å². The Morgan fingerprint density at radius 3 is 1.41 bits per heavy atom. The standard InChI is InChI=1S/C53H71N11O14/c54-23-11-9-18-35(56)46(70)60-41(28-45(68)69)51(75)58-37(20-10-12-24-55)47(71)61-40(26-32-15-5-2-6-16-32)50(74)64-43(30-65)52(76)59-38(21-22-44(66)67)48(72)62-39(25-31-13-3-1-4-14-31)49(73)63-42(53(77)78)27-33-29-57-36-19-8-7-17-34(33)36/h1-8,13-17,19,29,35,37-43,57,65H,9-12,18,20-28,30,54-56H2,(H,58,75)(H,59,76)(H,60,70)(H,61,71)(H,62,72)(H,63,73)(H,64,74)(H,66,67)(H,68,69)(H,77,78)/t35-,37-,38-,39-,40-,41-,42-,43-/m0/s1. The van der Waals surface area contributed by atoms with Gasteiger partial charge >= 0.3 is 17.9 Å². The predicted octanol–water partition coefficient (Wildman–Crippen LogP) is -1.41. The van der Waals surface area contributed by atoms with Gasteiger partial charge in [0.15, 0.2) is 0 Å². The zero-order valence-electron chi connectivity index (χ0n) is 43.0. The Bertz CT molecular complexity index is 2660. The van der Waals surface area contributed by atoms with Crippen LogP contribution in [0.15, 0.2) is 91.1 Å². The number of nitrogens with two attached hydrogens (primary N) is 3. The van der Waals surface area contributed by atoms with E-state index in [1.807, 2.05) is 0 Å². The largest absolute Gasteiger partial charge is 0.481 e. The number of aliphatic hydroxyl groups is 1. The van der Waals surface area contributed by atoms with E-state index in [-0.39, 0.29) is 45.1 Å². The Hall–Kier alpha value is -8.26. The second-order valence-corrected chi connectivity index (χ2v) is 18.6. The number of carbonyl (C=O) groups excluding carboxylic acids is 7. The zero-order valence-corrected chi connectivity index (χ0v) is 43.0. The number of benzene rings is 3. The third kappa shape index (κ3) is 20.7. The number of fused-ring (bicyclic) bond motifs is 1. The number of para-hydroxylation sites is 1. The zero-order chi connectivity index (χ0) is 57.1. The van der Waals surface area contributed by atoms with Crippen LogP contribution in [0.2, 0.25) is 0 Å². The van der Waals surface area contributed by atoms with Crippen molar-refractivity contribution >= 4 is 70.2 Å². The van der Waals surface area contributed by atoms with E-state index in [1.165, 1.54) is 0 Å².